The van der Waals surface area contributed by atoms with Gasteiger partial charge in [-0.25, -0.2) is 0 Å². The molecule has 0 spiro atoms. The van der Waals surface area contributed by atoms with Crippen LogP contribution in [-0.2, 0) is 0 Å². The molecule has 0 saturated carbocycles. The lowest BCUT2D eigenvalue weighted by molar-refractivity contribution is 0.727. The standard InChI is InChI=1S/C7H14S/c1-3-7-5-4-6(2)8-7/h6-7H,3-5H2,1-2H3/t6-,7-/m0/s1. The first kappa shape index (κ1) is 6.47. The van der Waals surface area contributed by atoms with E-state index in [1.165, 1.54) is 19.3 Å². The summed E-state index contributed by atoms with van der Waals surface area (Å²) >= 11 is 2.17. The molecule has 1 aliphatic heterocycles. The smallest absolute Gasteiger partial charge is 0.00475 e. The summed E-state index contributed by atoms with van der Waals surface area (Å²) in [5, 5.41) is 1.94. The molecule has 48 valence electrons. The highest BCUT2D eigenvalue weighted by atomic mass is 32.2. The third-order valence-electron chi connectivity index (χ3n) is 1.78. The number of hydrogen-bond acceptors (Lipinski definition) is 1. The van der Waals surface area contributed by atoms with Crippen LogP contribution in [0.5, 0.6) is 0 Å². The van der Waals surface area contributed by atoms with Crippen LogP contribution < -0.4 is 0 Å². The van der Waals surface area contributed by atoms with Crippen molar-refractivity contribution in [3.63, 3.8) is 0 Å². The van der Waals surface area contributed by atoms with Gasteiger partial charge in [0.15, 0.2) is 0 Å². The summed E-state index contributed by atoms with van der Waals surface area (Å²) in [6, 6.07) is 0. The van der Waals surface area contributed by atoms with E-state index >= 15 is 0 Å². The highest BCUT2D eigenvalue weighted by Crippen LogP contribution is 2.34. The minimum absolute atomic E-state index is 0.944. The minimum atomic E-state index is 0.944. The second-order valence-electron chi connectivity index (χ2n) is 2.55. The molecule has 1 aliphatic rings. The first-order valence-electron chi connectivity index (χ1n) is 3.48. The molecule has 0 amide bonds. The molecule has 0 bridgehead atoms. The van der Waals surface area contributed by atoms with Crippen molar-refractivity contribution in [1.29, 1.82) is 0 Å². The van der Waals surface area contributed by atoms with Gasteiger partial charge in [-0.2, -0.15) is 11.8 Å². The van der Waals surface area contributed by atoms with Crippen molar-refractivity contribution >= 4 is 11.8 Å². The van der Waals surface area contributed by atoms with Crippen molar-refractivity contribution in [2.75, 3.05) is 0 Å². The van der Waals surface area contributed by atoms with Gasteiger partial charge in [-0.3, -0.25) is 0 Å². The highest BCUT2D eigenvalue weighted by molar-refractivity contribution is 8.00. The SMILES string of the molecule is CC[C@H]1CC[C@H](C)S1. The topological polar surface area (TPSA) is 0 Å². The van der Waals surface area contributed by atoms with Gasteiger partial charge in [0.2, 0.25) is 0 Å². The Kier molecular flexibility index (Phi) is 2.24. The van der Waals surface area contributed by atoms with Gasteiger partial charge < -0.3 is 0 Å². The lowest BCUT2D eigenvalue weighted by Gasteiger charge is -2.02. The van der Waals surface area contributed by atoms with Crippen LogP contribution in [0.3, 0.4) is 0 Å². The van der Waals surface area contributed by atoms with Crippen molar-refractivity contribution in [2.24, 2.45) is 0 Å². The first-order valence-corrected chi connectivity index (χ1v) is 4.42. The molecule has 8 heavy (non-hydrogen) atoms. The van der Waals surface area contributed by atoms with Gasteiger partial charge in [0, 0.05) is 10.5 Å². The molecule has 0 aromatic rings. The molecule has 0 radical (unpaired) electrons. The normalized spacial score (nSPS) is 38.2. The Balaban J connectivity index is 2.22. The van der Waals surface area contributed by atoms with E-state index in [-0.39, 0.29) is 0 Å². The predicted octanol–water partition coefficient (Wildman–Crippen LogP) is 2.68. The summed E-state index contributed by atoms with van der Waals surface area (Å²) in [5.74, 6) is 0. The van der Waals surface area contributed by atoms with E-state index in [1.807, 2.05) is 0 Å². The summed E-state index contributed by atoms with van der Waals surface area (Å²) < 4.78 is 0. The highest BCUT2D eigenvalue weighted by Gasteiger charge is 2.19. The maximum atomic E-state index is 2.33. The molecule has 0 unspecified atom stereocenters. The molecular formula is C7H14S. The van der Waals surface area contributed by atoms with Crippen molar-refractivity contribution in [3.05, 3.63) is 0 Å². The number of thioether (sulfide) groups is 1. The molecule has 0 aromatic heterocycles. The fourth-order valence-corrected chi connectivity index (χ4v) is 2.58. The zero-order valence-corrected chi connectivity index (χ0v) is 6.50. The quantitative estimate of drug-likeness (QED) is 0.526. The Morgan fingerprint density at radius 2 is 2.25 bits per heavy atom. The van der Waals surface area contributed by atoms with E-state index in [1.54, 1.807) is 0 Å². The molecular weight excluding hydrogens is 116 g/mol. The summed E-state index contributed by atoms with van der Waals surface area (Å²) in [5.41, 5.74) is 0. The molecule has 1 heterocycles. The molecule has 1 fully saturated rings. The van der Waals surface area contributed by atoms with Crippen molar-refractivity contribution in [3.8, 4) is 0 Å². The zero-order chi connectivity index (χ0) is 5.98. The van der Waals surface area contributed by atoms with Crippen LogP contribution in [0.25, 0.3) is 0 Å². The zero-order valence-electron chi connectivity index (χ0n) is 5.68. The maximum Gasteiger partial charge on any atom is 0.00475 e. The molecule has 2 atom stereocenters. The van der Waals surface area contributed by atoms with Gasteiger partial charge in [-0.05, 0) is 19.3 Å². The van der Waals surface area contributed by atoms with Crippen LogP contribution in [0.2, 0.25) is 0 Å². The van der Waals surface area contributed by atoms with Crippen LogP contribution in [0.15, 0.2) is 0 Å². The molecule has 0 N–H and O–H groups in total. The van der Waals surface area contributed by atoms with E-state index in [0.717, 1.165) is 10.5 Å². The molecule has 1 heteroatoms. The monoisotopic (exact) mass is 130 g/mol. The van der Waals surface area contributed by atoms with Crippen LogP contribution in [0.4, 0.5) is 0 Å². The van der Waals surface area contributed by atoms with Crippen LogP contribution in [0.1, 0.15) is 33.1 Å². The third kappa shape index (κ3) is 1.41. The van der Waals surface area contributed by atoms with Crippen LogP contribution in [0, 0.1) is 0 Å². The molecule has 1 rings (SSSR count). The number of hydrogen-bond donors (Lipinski definition) is 0. The Labute approximate surface area is 56.0 Å². The summed E-state index contributed by atoms with van der Waals surface area (Å²) in [6.45, 7) is 4.62. The fourth-order valence-electron chi connectivity index (χ4n) is 1.19. The third-order valence-corrected chi connectivity index (χ3v) is 3.43. The van der Waals surface area contributed by atoms with Crippen molar-refractivity contribution < 1.29 is 0 Å². The van der Waals surface area contributed by atoms with Crippen molar-refractivity contribution in [2.45, 2.75) is 43.6 Å². The maximum absolute atomic E-state index is 2.33. The Bertz CT molecular complexity index is 70.8. The van der Waals surface area contributed by atoms with Gasteiger partial charge in [0.1, 0.15) is 0 Å². The summed E-state index contributed by atoms with van der Waals surface area (Å²) in [7, 11) is 0. The van der Waals surface area contributed by atoms with Crippen LogP contribution >= 0.6 is 11.8 Å². The molecule has 0 aromatic carbocycles. The summed E-state index contributed by atoms with van der Waals surface area (Å²) in [6.07, 6.45) is 4.28. The van der Waals surface area contributed by atoms with Gasteiger partial charge in [-0.15, -0.1) is 0 Å². The average Bonchev–Trinajstić information content (AvgIpc) is 2.14. The Morgan fingerprint density at radius 1 is 1.50 bits per heavy atom. The Hall–Kier alpha value is 0.350. The predicted molar refractivity (Wildman–Crippen MR) is 40.4 cm³/mol. The van der Waals surface area contributed by atoms with E-state index in [9.17, 15) is 0 Å². The van der Waals surface area contributed by atoms with E-state index in [4.69, 9.17) is 0 Å². The lowest BCUT2D eigenvalue weighted by Crippen LogP contribution is -1.91. The molecule has 0 aliphatic carbocycles. The molecule has 1 saturated heterocycles. The second kappa shape index (κ2) is 2.77. The van der Waals surface area contributed by atoms with Gasteiger partial charge >= 0.3 is 0 Å². The molecule has 0 nitrogen and oxygen atoms in total. The fraction of sp³-hybridized carbons (Fsp3) is 1.00. The lowest BCUT2D eigenvalue weighted by atomic mass is 10.2. The van der Waals surface area contributed by atoms with Gasteiger partial charge in [0.05, 0.1) is 0 Å². The van der Waals surface area contributed by atoms with E-state index < -0.39 is 0 Å². The Morgan fingerprint density at radius 3 is 2.50 bits per heavy atom. The van der Waals surface area contributed by atoms with Gasteiger partial charge in [0.25, 0.3) is 0 Å². The minimum Gasteiger partial charge on any atom is -0.155 e. The average molecular weight is 130 g/mol. The number of rotatable bonds is 1. The van der Waals surface area contributed by atoms with E-state index in [0.29, 0.717) is 0 Å². The van der Waals surface area contributed by atoms with Crippen LogP contribution in [-0.4, -0.2) is 10.5 Å². The van der Waals surface area contributed by atoms with Crippen molar-refractivity contribution in [1.82, 2.24) is 0 Å². The van der Waals surface area contributed by atoms with E-state index in [2.05, 4.69) is 25.6 Å². The van der Waals surface area contributed by atoms with Gasteiger partial charge in [-0.1, -0.05) is 13.8 Å². The summed E-state index contributed by atoms with van der Waals surface area (Å²) in [4.78, 5) is 0. The largest absolute Gasteiger partial charge is 0.155 e. The first-order chi connectivity index (χ1) is 3.83. The second-order valence-corrected chi connectivity index (χ2v) is 4.30.